The molecule has 1 unspecified atom stereocenters. The van der Waals surface area contributed by atoms with Crippen LogP contribution in [0, 0.1) is 0 Å². The van der Waals surface area contributed by atoms with Gasteiger partial charge in [0.1, 0.15) is 0 Å². The van der Waals surface area contributed by atoms with E-state index in [0.29, 0.717) is 11.3 Å². The molecule has 0 aliphatic carbocycles. The lowest BCUT2D eigenvalue weighted by molar-refractivity contribution is -0.117. The van der Waals surface area contributed by atoms with Crippen molar-refractivity contribution < 1.29 is 24.5 Å². The maximum Gasteiger partial charge on any atom is 0.294 e. The Morgan fingerprint density at radius 2 is 1.62 bits per heavy atom. The summed E-state index contributed by atoms with van der Waals surface area (Å²) in [6.45, 7) is 0. The molecule has 0 aromatic heterocycles. The zero-order valence-corrected chi connectivity index (χ0v) is 17.3. The Labute approximate surface area is 185 Å². The third kappa shape index (κ3) is 3.86. The molecular weight excluding hydrogens is 406 g/mol. The fraction of sp³-hybridized carbons (Fsp3) is 0.0769. The van der Waals surface area contributed by atoms with Crippen LogP contribution >= 0.6 is 0 Å². The number of methoxy groups -OCH3 is 1. The van der Waals surface area contributed by atoms with Gasteiger partial charge in [-0.15, -0.1) is 0 Å². The smallest absolute Gasteiger partial charge is 0.294 e. The quantitative estimate of drug-likeness (QED) is 0.562. The molecule has 3 aromatic carbocycles. The normalized spacial score (nSPS) is 16.1. The number of aliphatic hydroxyl groups is 1. The molecule has 0 radical (unpaired) electrons. The minimum absolute atomic E-state index is 0.0428. The first-order chi connectivity index (χ1) is 15.5. The number of phenolic OH excluding ortho intramolecular Hbond substituents is 1. The molecule has 160 valence electrons. The summed E-state index contributed by atoms with van der Waals surface area (Å²) in [6, 6.07) is 21.7. The number of hydrogen-bond donors (Lipinski definition) is 2. The number of benzene rings is 3. The predicted molar refractivity (Wildman–Crippen MR) is 121 cm³/mol. The highest BCUT2D eigenvalue weighted by molar-refractivity contribution is 6.19. The number of carbonyl (C=O) groups is 2. The number of ether oxygens (including phenoxy) is 1. The van der Waals surface area contributed by atoms with Gasteiger partial charge in [-0.3, -0.25) is 14.5 Å². The van der Waals surface area contributed by atoms with E-state index in [1.165, 1.54) is 24.2 Å². The maximum atomic E-state index is 13.2. The molecule has 1 amide bonds. The molecule has 0 saturated heterocycles. The van der Waals surface area contributed by atoms with Gasteiger partial charge in [0.2, 0.25) is 0 Å². The van der Waals surface area contributed by atoms with Crippen LogP contribution in [0.1, 0.15) is 17.2 Å². The van der Waals surface area contributed by atoms with Crippen molar-refractivity contribution in [3.8, 4) is 11.5 Å². The van der Waals surface area contributed by atoms with Gasteiger partial charge in [0.05, 0.1) is 18.7 Å². The molecular formula is C26H21NO5. The van der Waals surface area contributed by atoms with Crippen molar-refractivity contribution in [2.45, 2.75) is 6.04 Å². The van der Waals surface area contributed by atoms with Gasteiger partial charge >= 0.3 is 0 Å². The molecule has 0 spiro atoms. The second kappa shape index (κ2) is 8.81. The number of rotatable bonds is 6. The Kier molecular flexibility index (Phi) is 5.77. The van der Waals surface area contributed by atoms with E-state index in [0.717, 1.165) is 5.56 Å². The number of allylic oxidation sites excluding steroid dienone is 1. The summed E-state index contributed by atoms with van der Waals surface area (Å²) in [4.78, 5) is 27.6. The number of hydrogen-bond acceptors (Lipinski definition) is 5. The summed E-state index contributed by atoms with van der Waals surface area (Å²) >= 11 is 0. The topological polar surface area (TPSA) is 87.1 Å². The van der Waals surface area contributed by atoms with Crippen molar-refractivity contribution in [1.82, 2.24) is 0 Å². The van der Waals surface area contributed by atoms with Crippen LogP contribution in [0.2, 0.25) is 0 Å². The monoisotopic (exact) mass is 427 g/mol. The van der Waals surface area contributed by atoms with Crippen LogP contribution < -0.4 is 9.64 Å². The average molecular weight is 427 g/mol. The predicted octanol–water partition coefficient (Wildman–Crippen LogP) is 4.58. The lowest BCUT2D eigenvalue weighted by atomic mass is 9.95. The number of amides is 1. The van der Waals surface area contributed by atoms with E-state index in [2.05, 4.69) is 0 Å². The van der Waals surface area contributed by atoms with Gasteiger partial charge < -0.3 is 14.9 Å². The first-order valence-electron chi connectivity index (χ1n) is 9.97. The second-order valence-corrected chi connectivity index (χ2v) is 7.22. The molecule has 32 heavy (non-hydrogen) atoms. The van der Waals surface area contributed by atoms with Crippen LogP contribution in [0.4, 0.5) is 5.69 Å². The largest absolute Gasteiger partial charge is 0.504 e. The number of anilines is 1. The minimum Gasteiger partial charge on any atom is -0.504 e. The molecule has 6 nitrogen and oxygen atoms in total. The molecule has 0 bridgehead atoms. The van der Waals surface area contributed by atoms with E-state index in [1.54, 1.807) is 42.5 Å². The summed E-state index contributed by atoms with van der Waals surface area (Å²) in [5.41, 5.74) is 1.81. The van der Waals surface area contributed by atoms with Crippen LogP contribution in [0.25, 0.3) is 6.08 Å². The number of aliphatic hydroxyl groups excluding tert-OH is 1. The van der Waals surface area contributed by atoms with Gasteiger partial charge in [-0.05, 0) is 41.5 Å². The highest BCUT2D eigenvalue weighted by Gasteiger charge is 2.44. The van der Waals surface area contributed by atoms with E-state index in [1.807, 2.05) is 36.4 Å². The van der Waals surface area contributed by atoms with Gasteiger partial charge in [-0.25, -0.2) is 0 Å². The summed E-state index contributed by atoms with van der Waals surface area (Å²) in [7, 11) is 1.41. The third-order valence-corrected chi connectivity index (χ3v) is 5.25. The summed E-state index contributed by atoms with van der Waals surface area (Å²) in [5.74, 6) is -1.65. The fourth-order valence-corrected chi connectivity index (χ4v) is 3.72. The lowest BCUT2D eigenvalue weighted by Crippen LogP contribution is -2.30. The molecule has 0 fully saturated rings. The average Bonchev–Trinajstić information content (AvgIpc) is 3.09. The molecule has 3 aromatic rings. The maximum absolute atomic E-state index is 13.2. The van der Waals surface area contributed by atoms with E-state index in [4.69, 9.17) is 4.74 Å². The SMILES string of the molecule is COc1cc(C2C(C(=O)C=Cc3ccccc3)=C(O)C(=O)N2c2ccccc2)ccc1O. The summed E-state index contributed by atoms with van der Waals surface area (Å²) in [5, 5.41) is 20.7. The minimum atomic E-state index is -0.896. The highest BCUT2D eigenvalue weighted by Crippen LogP contribution is 2.43. The molecule has 6 heteroatoms. The summed E-state index contributed by atoms with van der Waals surface area (Å²) < 4.78 is 5.21. The zero-order chi connectivity index (χ0) is 22.7. The van der Waals surface area contributed by atoms with Crippen molar-refractivity contribution in [2.24, 2.45) is 0 Å². The first-order valence-corrected chi connectivity index (χ1v) is 9.97. The molecule has 2 N–H and O–H groups in total. The van der Waals surface area contributed by atoms with Crippen LogP contribution in [0.5, 0.6) is 11.5 Å². The molecule has 4 rings (SSSR count). The van der Waals surface area contributed by atoms with Crippen LogP contribution in [0.3, 0.4) is 0 Å². The molecule has 1 atom stereocenters. The highest BCUT2D eigenvalue weighted by atomic mass is 16.5. The van der Waals surface area contributed by atoms with E-state index < -0.39 is 23.5 Å². The Bertz CT molecular complexity index is 1220. The van der Waals surface area contributed by atoms with Gasteiger partial charge in [-0.1, -0.05) is 60.7 Å². The molecule has 1 aliphatic rings. The molecule has 1 aliphatic heterocycles. The zero-order valence-electron chi connectivity index (χ0n) is 17.3. The van der Waals surface area contributed by atoms with Crippen LogP contribution in [-0.2, 0) is 9.59 Å². The first kappa shape index (κ1) is 20.9. The van der Waals surface area contributed by atoms with Gasteiger partial charge in [0.25, 0.3) is 5.91 Å². The Morgan fingerprint density at radius 3 is 2.28 bits per heavy atom. The number of para-hydroxylation sites is 1. The second-order valence-electron chi connectivity index (χ2n) is 7.22. The Balaban J connectivity index is 1.81. The lowest BCUT2D eigenvalue weighted by Gasteiger charge is -2.27. The van der Waals surface area contributed by atoms with Gasteiger partial charge in [-0.2, -0.15) is 0 Å². The van der Waals surface area contributed by atoms with Gasteiger partial charge in [0.15, 0.2) is 23.0 Å². The molecule has 1 heterocycles. The number of carbonyl (C=O) groups excluding carboxylic acids is 2. The Hall–Kier alpha value is -4.32. The third-order valence-electron chi connectivity index (χ3n) is 5.25. The van der Waals surface area contributed by atoms with Crippen molar-refractivity contribution in [2.75, 3.05) is 12.0 Å². The van der Waals surface area contributed by atoms with Crippen molar-refractivity contribution in [1.29, 1.82) is 0 Å². The fourth-order valence-electron chi connectivity index (χ4n) is 3.72. The van der Waals surface area contributed by atoms with Crippen molar-refractivity contribution >= 4 is 23.5 Å². The number of ketones is 1. The van der Waals surface area contributed by atoms with Gasteiger partial charge in [0, 0.05) is 5.69 Å². The van der Waals surface area contributed by atoms with Crippen LogP contribution in [0.15, 0.2) is 96.3 Å². The van der Waals surface area contributed by atoms with Crippen LogP contribution in [-0.4, -0.2) is 29.0 Å². The molecule has 0 saturated carbocycles. The van der Waals surface area contributed by atoms with Crippen molar-refractivity contribution in [3.63, 3.8) is 0 Å². The summed E-state index contributed by atoms with van der Waals surface area (Å²) in [6.07, 6.45) is 2.97. The van der Waals surface area contributed by atoms with Crippen molar-refractivity contribution in [3.05, 3.63) is 107 Å². The van der Waals surface area contributed by atoms with E-state index in [9.17, 15) is 19.8 Å². The number of phenols is 1. The standard InChI is InChI=1S/C26H21NO5/c1-32-22-16-18(13-15-20(22)28)24-23(21(29)14-12-17-8-4-2-5-9-17)25(30)26(31)27(24)19-10-6-3-7-11-19/h2-16,24,28,30H,1H3. The van der Waals surface area contributed by atoms with E-state index >= 15 is 0 Å². The number of nitrogens with zero attached hydrogens (tertiary/aromatic N) is 1. The number of aromatic hydroxyl groups is 1. The Morgan fingerprint density at radius 1 is 0.969 bits per heavy atom. The van der Waals surface area contributed by atoms with E-state index in [-0.39, 0.29) is 17.1 Å².